The lowest BCUT2D eigenvalue weighted by Crippen LogP contribution is -2.42. The lowest BCUT2D eigenvalue weighted by Gasteiger charge is -2.10. The van der Waals surface area contributed by atoms with Crippen LogP contribution >= 0.6 is 0 Å². The number of imidazole rings is 1. The Hall–Kier alpha value is -5.32. The van der Waals surface area contributed by atoms with Gasteiger partial charge in [-0.1, -0.05) is 6.07 Å². The first-order valence-electron chi connectivity index (χ1n) is 12.8. The molecule has 0 unspecified atom stereocenters. The summed E-state index contributed by atoms with van der Waals surface area (Å²) in [5.74, 6) is -1.24. The molecular weight excluding hydrogens is 532 g/mol. The van der Waals surface area contributed by atoms with Crippen molar-refractivity contribution in [3.05, 3.63) is 102 Å². The standard InChI is InChI=1S/C30H23F2N5O4/c1-17-5-10-24(37(40)28(17)19-3-2-4-20(31)13-19)30(39)33-21-8-11-25(23(32)14-21)41-22-9-12-27-34-26(16-36(27)15-22)35-29(38)18-6-7-18/h2-5,8-16,18H,6-7H2,1H3,(H2-,33,35,38,39,40)/p+1. The van der Waals surface area contributed by atoms with Gasteiger partial charge >= 0.3 is 11.6 Å². The summed E-state index contributed by atoms with van der Waals surface area (Å²) in [5.41, 5.74) is 1.85. The summed E-state index contributed by atoms with van der Waals surface area (Å²) in [6.07, 6.45) is 5.03. The van der Waals surface area contributed by atoms with Crippen LogP contribution in [0.1, 0.15) is 28.9 Å². The van der Waals surface area contributed by atoms with Gasteiger partial charge in [0, 0.05) is 34.0 Å². The monoisotopic (exact) mass is 556 g/mol. The van der Waals surface area contributed by atoms with Crippen LogP contribution in [0, 0.1) is 24.5 Å². The highest BCUT2D eigenvalue weighted by Crippen LogP contribution is 2.31. The van der Waals surface area contributed by atoms with E-state index in [0.717, 1.165) is 18.9 Å². The van der Waals surface area contributed by atoms with Crippen LogP contribution in [0.2, 0.25) is 0 Å². The van der Waals surface area contributed by atoms with Crippen LogP contribution in [0.4, 0.5) is 20.3 Å². The number of hydrogen-bond acceptors (Lipinski definition) is 5. The molecule has 0 atom stereocenters. The van der Waals surface area contributed by atoms with Gasteiger partial charge in [-0.3, -0.25) is 14.8 Å². The van der Waals surface area contributed by atoms with Crippen molar-refractivity contribution in [2.24, 2.45) is 5.92 Å². The number of pyridine rings is 2. The number of ether oxygens (including phenoxy) is 1. The average molecular weight is 557 g/mol. The highest BCUT2D eigenvalue weighted by atomic mass is 19.1. The molecule has 0 bridgehead atoms. The Labute approximate surface area is 232 Å². The van der Waals surface area contributed by atoms with Crippen molar-refractivity contribution in [2.75, 3.05) is 10.6 Å². The summed E-state index contributed by atoms with van der Waals surface area (Å²) in [6.45, 7) is 1.72. The van der Waals surface area contributed by atoms with E-state index in [-0.39, 0.29) is 34.6 Å². The van der Waals surface area contributed by atoms with Crippen LogP contribution in [0.15, 0.2) is 79.1 Å². The number of nitrogens with one attached hydrogen (secondary N) is 2. The molecule has 1 aliphatic carbocycles. The number of fused-ring (bicyclic) bond motifs is 1. The minimum atomic E-state index is -0.729. The fourth-order valence-corrected chi connectivity index (χ4v) is 4.45. The van der Waals surface area contributed by atoms with Crippen molar-refractivity contribution >= 4 is 29.0 Å². The number of carbonyl (C=O) groups is 2. The highest BCUT2D eigenvalue weighted by Gasteiger charge is 2.30. The Balaban J connectivity index is 1.17. The van der Waals surface area contributed by atoms with Crippen LogP contribution < -0.4 is 20.1 Å². The van der Waals surface area contributed by atoms with Gasteiger partial charge in [-0.2, -0.15) is 0 Å². The van der Waals surface area contributed by atoms with Gasteiger partial charge in [0.2, 0.25) is 5.91 Å². The molecule has 41 heavy (non-hydrogen) atoms. The molecule has 11 heteroatoms. The van der Waals surface area contributed by atoms with Gasteiger partial charge in [0.1, 0.15) is 17.2 Å². The van der Waals surface area contributed by atoms with E-state index in [9.17, 15) is 23.6 Å². The lowest BCUT2D eigenvalue weighted by atomic mass is 10.1. The number of anilines is 2. The molecule has 1 aliphatic rings. The second kappa shape index (κ2) is 10.3. The van der Waals surface area contributed by atoms with Crippen molar-refractivity contribution in [3.63, 3.8) is 0 Å². The Morgan fingerprint density at radius 1 is 1.02 bits per heavy atom. The predicted molar refractivity (Wildman–Crippen MR) is 145 cm³/mol. The molecule has 6 rings (SSSR count). The Kier molecular flexibility index (Phi) is 6.54. The third-order valence-corrected chi connectivity index (χ3v) is 6.68. The first-order chi connectivity index (χ1) is 19.7. The molecule has 0 spiro atoms. The van der Waals surface area contributed by atoms with Crippen LogP contribution in [0.5, 0.6) is 11.5 Å². The van der Waals surface area contributed by atoms with Crippen LogP contribution in [-0.2, 0) is 4.79 Å². The first-order valence-corrected chi connectivity index (χ1v) is 12.8. The smallest absolute Gasteiger partial charge is 0.325 e. The fourth-order valence-electron chi connectivity index (χ4n) is 4.45. The van der Waals surface area contributed by atoms with Gasteiger partial charge in [0.25, 0.3) is 5.69 Å². The quantitative estimate of drug-likeness (QED) is 0.181. The normalized spacial score (nSPS) is 12.8. The van der Waals surface area contributed by atoms with Crippen LogP contribution in [0.3, 0.4) is 0 Å². The summed E-state index contributed by atoms with van der Waals surface area (Å²) in [5, 5.41) is 16.1. The number of rotatable bonds is 7. The molecule has 0 aliphatic heterocycles. The maximum atomic E-state index is 15.0. The molecule has 2 aromatic carbocycles. The lowest BCUT2D eigenvalue weighted by molar-refractivity contribution is -0.897. The number of halogens is 2. The third-order valence-electron chi connectivity index (χ3n) is 6.68. The second-order valence-corrected chi connectivity index (χ2v) is 9.79. The molecule has 1 fully saturated rings. The summed E-state index contributed by atoms with van der Waals surface area (Å²) in [7, 11) is 0. The summed E-state index contributed by atoms with van der Waals surface area (Å²) >= 11 is 0. The molecule has 2 amide bonds. The summed E-state index contributed by atoms with van der Waals surface area (Å²) < 4.78 is 36.8. The van der Waals surface area contributed by atoms with Crippen molar-refractivity contribution in [1.29, 1.82) is 0 Å². The molecule has 3 N–H and O–H groups in total. The van der Waals surface area contributed by atoms with Gasteiger partial charge in [0.05, 0.1) is 18.0 Å². The van der Waals surface area contributed by atoms with E-state index in [1.54, 1.807) is 48.0 Å². The second-order valence-electron chi connectivity index (χ2n) is 9.79. The number of benzene rings is 2. The Morgan fingerprint density at radius 3 is 2.61 bits per heavy atom. The van der Waals surface area contributed by atoms with Gasteiger partial charge in [-0.15, -0.1) is 0 Å². The first kappa shape index (κ1) is 25.9. The number of hydrogen-bond donors (Lipinski definition) is 3. The zero-order valence-electron chi connectivity index (χ0n) is 21.8. The number of carbonyl (C=O) groups excluding carboxylic acids is 2. The van der Waals surface area contributed by atoms with E-state index >= 15 is 0 Å². The van der Waals surface area contributed by atoms with Crippen molar-refractivity contribution < 1.29 is 33.0 Å². The topological polar surface area (TPSA) is 109 Å². The zero-order valence-corrected chi connectivity index (χ0v) is 21.8. The number of amides is 2. The molecule has 0 radical (unpaired) electrons. The minimum absolute atomic E-state index is 0.0495. The van der Waals surface area contributed by atoms with E-state index in [1.807, 2.05) is 0 Å². The molecule has 3 heterocycles. The number of nitrogens with zero attached hydrogens (tertiary/aromatic N) is 3. The largest absolute Gasteiger partial charge is 0.453 e. The molecule has 206 valence electrons. The summed E-state index contributed by atoms with van der Waals surface area (Å²) in [6, 6.07) is 15.9. The van der Waals surface area contributed by atoms with Gasteiger partial charge < -0.3 is 19.8 Å². The maximum Gasteiger partial charge on any atom is 0.325 e. The number of aryl methyl sites for hydroxylation is 1. The average Bonchev–Trinajstić information content (AvgIpc) is 3.71. The zero-order chi connectivity index (χ0) is 28.7. The van der Waals surface area contributed by atoms with E-state index in [0.29, 0.717) is 33.1 Å². The van der Waals surface area contributed by atoms with Crippen LogP contribution in [0.25, 0.3) is 16.9 Å². The van der Waals surface area contributed by atoms with Crippen molar-refractivity contribution in [2.45, 2.75) is 19.8 Å². The fraction of sp³-hybridized carbons (Fsp3) is 0.133. The predicted octanol–water partition coefficient (Wildman–Crippen LogP) is 5.51. The Morgan fingerprint density at radius 2 is 1.85 bits per heavy atom. The van der Waals surface area contributed by atoms with E-state index in [4.69, 9.17) is 4.74 Å². The molecule has 1 saturated carbocycles. The van der Waals surface area contributed by atoms with Crippen molar-refractivity contribution in [1.82, 2.24) is 9.38 Å². The van der Waals surface area contributed by atoms with Gasteiger partial charge in [0.15, 0.2) is 17.4 Å². The maximum absolute atomic E-state index is 15.0. The SMILES string of the molecule is Cc1ccc(C(=O)Nc2ccc(Oc3ccc4nc(NC(=O)C5CC5)cn4c3)c(F)c2)[n+](O)c1-c1cccc(F)c1. The van der Waals surface area contributed by atoms with Gasteiger partial charge in [-0.05, 0) is 68.3 Å². The van der Waals surface area contributed by atoms with E-state index in [1.165, 1.54) is 36.4 Å². The minimum Gasteiger partial charge on any atom is -0.453 e. The van der Waals surface area contributed by atoms with Gasteiger partial charge in [-0.25, -0.2) is 13.8 Å². The van der Waals surface area contributed by atoms with Crippen LogP contribution in [-0.4, -0.2) is 26.4 Å². The molecule has 0 saturated heterocycles. The molecule has 3 aromatic heterocycles. The molecule has 5 aromatic rings. The third kappa shape index (κ3) is 5.42. The summed E-state index contributed by atoms with van der Waals surface area (Å²) in [4.78, 5) is 29.3. The highest BCUT2D eigenvalue weighted by molar-refractivity contribution is 6.02. The van der Waals surface area contributed by atoms with E-state index in [2.05, 4.69) is 15.6 Å². The van der Waals surface area contributed by atoms with E-state index < -0.39 is 17.5 Å². The number of aromatic nitrogens is 3. The van der Waals surface area contributed by atoms with Crippen molar-refractivity contribution in [3.8, 4) is 22.8 Å². The Bertz CT molecular complexity index is 1830. The molecule has 9 nitrogen and oxygen atoms in total. The molecular formula is C30H24F2N5O4+.